The van der Waals surface area contributed by atoms with Gasteiger partial charge in [-0.3, -0.25) is 0 Å². The zero-order valence-electron chi connectivity index (χ0n) is 6.35. The van der Waals surface area contributed by atoms with E-state index in [0.717, 1.165) is 0 Å². The Bertz CT molecular complexity index is 186. The smallest absolute Gasteiger partial charge is 0.404 e. The molecule has 70 valence electrons. The number of hydrogen-bond donors (Lipinski definition) is 2. The molecule has 1 heterocycles. The van der Waals surface area contributed by atoms with Gasteiger partial charge in [0.2, 0.25) is 0 Å². The van der Waals surface area contributed by atoms with Gasteiger partial charge < -0.3 is 15.8 Å². The molecule has 1 atom stereocenters. The molecule has 3 N–H and O–H groups in total. The minimum atomic E-state index is -3.01. The number of alkyl halides is 2. The lowest BCUT2D eigenvalue weighted by molar-refractivity contribution is -0.121. The molecule has 1 aliphatic heterocycles. The summed E-state index contributed by atoms with van der Waals surface area (Å²) >= 11 is 0. The number of ether oxygens (including phenoxy) is 1. The standard InChI is InChI=1S/C6H10F2N2O2/c7-6(8)3-10-2-1-4(6)12-5(9)11/h4,10H,1-3H2,(H2,9,11). The quantitative estimate of drug-likeness (QED) is 0.600. The number of rotatable bonds is 1. The van der Waals surface area contributed by atoms with Crippen LogP contribution >= 0.6 is 0 Å². The normalized spacial score (nSPS) is 28.0. The largest absolute Gasteiger partial charge is 0.440 e. The predicted molar refractivity (Wildman–Crippen MR) is 36.9 cm³/mol. The van der Waals surface area contributed by atoms with Crippen LogP contribution < -0.4 is 11.1 Å². The van der Waals surface area contributed by atoms with E-state index in [0.29, 0.717) is 6.54 Å². The summed E-state index contributed by atoms with van der Waals surface area (Å²) in [6.45, 7) is -0.0571. The van der Waals surface area contributed by atoms with Gasteiger partial charge in [0.15, 0.2) is 6.10 Å². The average molecular weight is 180 g/mol. The van der Waals surface area contributed by atoms with Crippen molar-refractivity contribution in [1.82, 2.24) is 5.32 Å². The number of piperidine rings is 1. The number of carbonyl (C=O) groups excluding carboxylic acids is 1. The fraction of sp³-hybridized carbons (Fsp3) is 0.833. The molecular formula is C6H10F2N2O2. The summed E-state index contributed by atoms with van der Waals surface area (Å²) in [6.07, 6.45) is -2.44. The molecule has 0 spiro atoms. The van der Waals surface area contributed by atoms with Crippen molar-refractivity contribution in [2.24, 2.45) is 5.73 Å². The summed E-state index contributed by atoms with van der Waals surface area (Å²) < 4.78 is 29.9. The third-order valence-electron chi connectivity index (χ3n) is 1.67. The lowest BCUT2D eigenvalue weighted by Crippen LogP contribution is -2.51. The van der Waals surface area contributed by atoms with Crippen LogP contribution in [0.5, 0.6) is 0 Å². The zero-order valence-corrected chi connectivity index (χ0v) is 6.35. The van der Waals surface area contributed by atoms with Gasteiger partial charge in [-0.1, -0.05) is 0 Å². The summed E-state index contributed by atoms with van der Waals surface area (Å²) in [7, 11) is 0. The summed E-state index contributed by atoms with van der Waals surface area (Å²) in [5.74, 6) is -3.01. The van der Waals surface area contributed by atoms with Crippen LogP contribution in [0.2, 0.25) is 0 Å². The van der Waals surface area contributed by atoms with Gasteiger partial charge in [0.25, 0.3) is 5.92 Å². The molecule has 0 aromatic heterocycles. The SMILES string of the molecule is NC(=O)OC1CCNCC1(F)F. The molecule has 0 saturated carbocycles. The fourth-order valence-corrected chi connectivity index (χ4v) is 1.10. The molecule has 1 aliphatic rings. The van der Waals surface area contributed by atoms with Crippen LogP contribution in [0.1, 0.15) is 6.42 Å². The summed E-state index contributed by atoms with van der Waals surface area (Å²) in [4.78, 5) is 10.2. The highest BCUT2D eigenvalue weighted by Crippen LogP contribution is 2.25. The zero-order chi connectivity index (χ0) is 9.19. The monoisotopic (exact) mass is 180 g/mol. The van der Waals surface area contributed by atoms with Gasteiger partial charge in [-0.15, -0.1) is 0 Å². The van der Waals surface area contributed by atoms with Crippen molar-refractivity contribution in [2.45, 2.75) is 18.4 Å². The highest BCUT2D eigenvalue weighted by molar-refractivity contribution is 5.64. The predicted octanol–water partition coefficient (Wildman–Crippen LogP) is 0.0789. The van der Waals surface area contributed by atoms with E-state index in [1.165, 1.54) is 0 Å². The fourth-order valence-electron chi connectivity index (χ4n) is 1.10. The van der Waals surface area contributed by atoms with Crippen molar-refractivity contribution in [3.05, 3.63) is 0 Å². The number of primary amides is 1. The first-order chi connectivity index (χ1) is 5.52. The summed E-state index contributed by atoms with van der Waals surface area (Å²) in [6, 6.07) is 0. The lowest BCUT2D eigenvalue weighted by atomic mass is 10.1. The molecule has 0 aromatic carbocycles. The molecule has 0 aromatic rings. The van der Waals surface area contributed by atoms with Gasteiger partial charge in [-0.2, -0.15) is 0 Å². The second-order valence-corrected chi connectivity index (χ2v) is 2.65. The maximum absolute atomic E-state index is 12.8. The molecule has 0 radical (unpaired) electrons. The van der Waals surface area contributed by atoms with Crippen LogP contribution in [0.25, 0.3) is 0 Å². The average Bonchev–Trinajstić information content (AvgIpc) is 1.92. The van der Waals surface area contributed by atoms with Crippen molar-refractivity contribution in [1.29, 1.82) is 0 Å². The first kappa shape index (κ1) is 9.18. The van der Waals surface area contributed by atoms with Gasteiger partial charge >= 0.3 is 6.09 Å². The van der Waals surface area contributed by atoms with Crippen LogP contribution in [0.15, 0.2) is 0 Å². The first-order valence-electron chi connectivity index (χ1n) is 3.57. The number of nitrogens with one attached hydrogen (secondary N) is 1. The molecule has 1 saturated heterocycles. The van der Waals surface area contributed by atoms with Crippen molar-refractivity contribution in [3.8, 4) is 0 Å². The van der Waals surface area contributed by atoms with E-state index in [-0.39, 0.29) is 6.42 Å². The van der Waals surface area contributed by atoms with E-state index in [9.17, 15) is 13.6 Å². The van der Waals surface area contributed by atoms with Gasteiger partial charge in [0.1, 0.15) is 0 Å². The maximum atomic E-state index is 12.8. The Labute approximate surface area is 68.1 Å². The van der Waals surface area contributed by atoms with Crippen LogP contribution in [0.4, 0.5) is 13.6 Å². The Morgan fingerprint density at radius 2 is 2.33 bits per heavy atom. The van der Waals surface area contributed by atoms with Gasteiger partial charge in [0.05, 0.1) is 6.54 Å². The minimum absolute atomic E-state index is 0.0932. The lowest BCUT2D eigenvalue weighted by Gasteiger charge is -2.30. The second-order valence-electron chi connectivity index (χ2n) is 2.65. The van der Waals surface area contributed by atoms with E-state index in [1.807, 2.05) is 0 Å². The number of hydrogen-bond acceptors (Lipinski definition) is 3. The van der Waals surface area contributed by atoms with Crippen LogP contribution in [-0.2, 0) is 4.74 Å². The molecule has 4 nitrogen and oxygen atoms in total. The van der Waals surface area contributed by atoms with E-state index in [4.69, 9.17) is 0 Å². The molecule has 1 rings (SSSR count). The van der Waals surface area contributed by atoms with Crippen molar-refractivity contribution >= 4 is 6.09 Å². The maximum Gasteiger partial charge on any atom is 0.404 e. The van der Waals surface area contributed by atoms with Gasteiger partial charge in [-0.05, 0) is 6.54 Å². The summed E-state index contributed by atoms with van der Waals surface area (Å²) in [5, 5.41) is 2.50. The first-order valence-corrected chi connectivity index (χ1v) is 3.57. The van der Waals surface area contributed by atoms with Crippen molar-refractivity contribution in [2.75, 3.05) is 13.1 Å². The molecular weight excluding hydrogens is 170 g/mol. The van der Waals surface area contributed by atoms with E-state index in [1.54, 1.807) is 0 Å². The molecule has 1 amide bonds. The second kappa shape index (κ2) is 3.22. The molecule has 0 bridgehead atoms. The third-order valence-corrected chi connectivity index (χ3v) is 1.67. The molecule has 0 aliphatic carbocycles. The van der Waals surface area contributed by atoms with E-state index < -0.39 is 24.7 Å². The molecule has 1 unspecified atom stereocenters. The van der Waals surface area contributed by atoms with Crippen molar-refractivity contribution in [3.63, 3.8) is 0 Å². The number of nitrogens with two attached hydrogens (primary N) is 1. The Kier molecular flexibility index (Phi) is 2.46. The number of amides is 1. The summed E-state index contributed by atoms with van der Waals surface area (Å²) in [5.41, 5.74) is 4.63. The Morgan fingerprint density at radius 3 is 2.83 bits per heavy atom. The highest BCUT2D eigenvalue weighted by atomic mass is 19.3. The Balaban J connectivity index is 2.54. The van der Waals surface area contributed by atoms with E-state index >= 15 is 0 Å². The minimum Gasteiger partial charge on any atom is -0.440 e. The molecule has 1 fully saturated rings. The van der Waals surface area contributed by atoms with Gasteiger partial charge in [-0.25, -0.2) is 13.6 Å². The third kappa shape index (κ3) is 2.04. The van der Waals surface area contributed by atoms with Crippen molar-refractivity contribution < 1.29 is 18.3 Å². The molecule has 12 heavy (non-hydrogen) atoms. The van der Waals surface area contributed by atoms with E-state index in [2.05, 4.69) is 15.8 Å². The van der Waals surface area contributed by atoms with Gasteiger partial charge in [0, 0.05) is 6.42 Å². The highest BCUT2D eigenvalue weighted by Gasteiger charge is 2.44. The van der Waals surface area contributed by atoms with Crippen LogP contribution in [0.3, 0.4) is 0 Å². The topological polar surface area (TPSA) is 64.4 Å². The number of halogens is 2. The molecule has 6 heteroatoms. The Morgan fingerprint density at radius 1 is 1.67 bits per heavy atom. The van der Waals surface area contributed by atoms with Crippen LogP contribution in [-0.4, -0.2) is 31.2 Å². The number of carbonyl (C=O) groups is 1. The van der Waals surface area contributed by atoms with Crippen LogP contribution in [0, 0.1) is 0 Å². The Hall–Kier alpha value is -0.910.